The van der Waals surface area contributed by atoms with Gasteiger partial charge in [0, 0.05) is 48.8 Å². The van der Waals surface area contributed by atoms with Gasteiger partial charge in [-0.1, -0.05) is 19.1 Å². The number of hydrogen-bond donors (Lipinski definition) is 2. The van der Waals surface area contributed by atoms with Crippen molar-refractivity contribution in [3.63, 3.8) is 0 Å². The molecule has 3 N–H and O–H groups in total. The first kappa shape index (κ1) is 16.7. The number of rotatable bonds is 3. The third-order valence-corrected chi connectivity index (χ3v) is 6.48. The second-order valence-electron chi connectivity index (χ2n) is 5.86. The Bertz CT molecular complexity index is 862. The monoisotopic (exact) mass is 347 g/mol. The molecule has 0 bridgehead atoms. The van der Waals surface area contributed by atoms with E-state index in [1.807, 2.05) is 13.0 Å². The first-order valence-electron chi connectivity index (χ1n) is 7.88. The molecule has 128 valence electrons. The summed E-state index contributed by atoms with van der Waals surface area (Å²) in [6.07, 6.45) is 3.93. The van der Waals surface area contributed by atoms with Gasteiger partial charge in [-0.2, -0.15) is 4.31 Å². The Balaban J connectivity index is 2.02. The molecule has 2 heterocycles. The third-order valence-electron chi connectivity index (χ3n) is 4.47. The van der Waals surface area contributed by atoms with E-state index in [2.05, 4.69) is 4.98 Å². The molecular formula is C16H21N5O2S. The van der Waals surface area contributed by atoms with Crippen molar-refractivity contribution in [1.82, 2.24) is 14.2 Å². The minimum Gasteiger partial charge on any atom is -0.370 e. The fraction of sp³-hybridized carbons (Fsp3) is 0.375. The molecule has 1 aliphatic rings. The maximum Gasteiger partial charge on any atom is 0.244 e. The lowest BCUT2D eigenvalue weighted by Gasteiger charge is -2.40. The second kappa shape index (κ2) is 6.37. The lowest BCUT2D eigenvalue weighted by atomic mass is 10.1. The first-order valence-corrected chi connectivity index (χ1v) is 9.32. The Morgan fingerprint density at radius 3 is 2.88 bits per heavy atom. The number of hydrogen-bond acceptors (Lipinski definition) is 4. The number of guanidine groups is 1. The fourth-order valence-corrected chi connectivity index (χ4v) is 5.05. The van der Waals surface area contributed by atoms with Crippen LogP contribution >= 0.6 is 0 Å². The molecule has 24 heavy (non-hydrogen) atoms. The molecule has 1 atom stereocenters. The van der Waals surface area contributed by atoms with Crippen molar-refractivity contribution < 1.29 is 8.42 Å². The highest BCUT2D eigenvalue weighted by molar-refractivity contribution is 7.89. The van der Waals surface area contributed by atoms with Gasteiger partial charge in [0.1, 0.15) is 0 Å². The molecule has 0 aliphatic carbocycles. The minimum absolute atomic E-state index is 0.0123. The van der Waals surface area contributed by atoms with E-state index in [1.54, 1.807) is 39.8 Å². The minimum atomic E-state index is -3.63. The van der Waals surface area contributed by atoms with Crippen LogP contribution in [0.5, 0.6) is 0 Å². The molecule has 2 aromatic rings. The van der Waals surface area contributed by atoms with Crippen molar-refractivity contribution in [2.24, 2.45) is 5.73 Å². The first-order chi connectivity index (χ1) is 11.4. The summed E-state index contributed by atoms with van der Waals surface area (Å²) in [6.45, 7) is 3.14. The summed E-state index contributed by atoms with van der Waals surface area (Å²) in [7, 11) is -3.63. The predicted octanol–water partition coefficient (Wildman–Crippen LogP) is 1.21. The van der Waals surface area contributed by atoms with Crippen LogP contribution in [0.15, 0.2) is 41.6 Å². The molecule has 0 amide bonds. The topological polar surface area (TPSA) is 103 Å². The van der Waals surface area contributed by atoms with Crippen LogP contribution in [0, 0.1) is 5.41 Å². The quantitative estimate of drug-likeness (QED) is 0.642. The number of nitrogens with two attached hydrogens (primary N) is 1. The molecule has 1 fully saturated rings. The van der Waals surface area contributed by atoms with Gasteiger partial charge in [0.2, 0.25) is 10.0 Å². The molecular weight excluding hydrogens is 326 g/mol. The van der Waals surface area contributed by atoms with Crippen molar-refractivity contribution in [2.45, 2.75) is 24.3 Å². The molecule has 1 saturated heterocycles. The van der Waals surface area contributed by atoms with E-state index in [1.165, 1.54) is 0 Å². The lowest BCUT2D eigenvalue weighted by Crippen LogP contribution is -2.57. The van der Waals surface area contributed by atoms with Crippen LogP contribution in [-0.2, 0) is 10.0 Å². The van der Waals surface area contributed by atoms with E-state index < -0.39 is 10.0 Å². The molecule has 0 saturated carbocycles. The standard InChI is InChI=1S/C16H21N5O2S/c1-2-13-11-20(16(17)18)8-9-21(13)24(22,23)15-5-3-4-12-10-19-7-6-14(12)15/h3-7,10,13H,2,8-9,11H2,1H3,(H3,17,18). The van der Waals surface area contributed by atoms with E-state index in [0.29, 0.717) is 36.3 Å². The normalized spacial score (nSPS) is 19.5. The molecule has 1 unspecified atom stereocenters. The van der Waals surface area contributed by atoms with E-state index in [0.717, 1.165) is 5.39 Å². The zero-order chi connectivity index (χ0) is 17.3. The predicted molar refractivity (Wildman–Crippen MR) is 93.2 cm³/mol. The summed E-state index contributed by atoms with van der Waals surface area (Å²) in [5, 5.41) is 9.05. The zero-order valence-corrected chi connectivity index (χ0v) is 14.3. The van der Waals surface area contributed by atoms with Crippen molar-refractivity contribution in [3.05, 3.63) is 36.7 Å². The van der Waals surface area contributed by atoms with Crippen molar-refractivity contribution in [2.75, 3.05) is 19.6 Å². The van der Waals surface area contributed by atoms with E-state index in [4.69, 9.17) is 11.1 Å². The van der Waals surface area contributed by atoms with E-state index in [9.17, 15) is 8.42 Å². The Morgan fingerprint density at radius 1 is 1.38 bits per heavy atom. The summed E-state index contributed by atoms with van der Waals surface area (Å²) in [4.78, 5) is 6.07. The van der Waals surface area contributed by atoms with Gasteiger partial charge in [-0.15, -0.1) is 0 Å². The maximum absolute atomic E-state index is 13.2. The van der Waals surface area contributed by atoms with Crippen LogP contribution in [0.2, 0.25) is 0 Å². The molecule has 7 nitrogen and oxygen atoms in total. The van der Waals surface area contributed by atoms with E-state index >= 15 is 0 Å². The van der Waals surface area contributed by atoms with Gasteiger partial charge in [-0.3, -0.25) is 10.4 Å². The molecule has 8 heteroatoms. The van der Waals surface area contributed by atoms with Gasteiger partial charge in [0.25, 0.3) is 0 Å². The van der Waals surface area contributed by atoms with E-state index in [-0.39, 0.29) is 12.0 Å². The average Bonchev–Trinajstić information content (AvgIpc) is 2.60. The van der Waals surface area contributed by atoms with Crippen LogP contribution in [0.3, 0.4) is 0 Å². The smallest absolute Gasteiger partial charge is 0.244 e. The summed E-state index contributed by atoms with van der Waals surface area (Å²) in [6, 6.07) is 6.76. The molecule has 0 radical (unpaired) electrons. The molecule has 3 rings (SSSR count). The summed E-state index contributed by atoms with van der Waals surface area (Å²) in [5.41, 5.74) is 5.56. The number of fused-ring (bicyclic) bond motifs is 1. The number of nitrogens with zero attached hydrogens (tertiary/aromatic N) is 3. The Hall–Kier alpha value is -2.19. The molecule has 1 aliphatic heterocycles. The molecule has 1 aromatic carbocycles. The third kappa shape index (κ3) is 2.83. The van der Waals surface area contributed by atoms with Crippen molar-refractivity contribution >= 4 is 26.8 Å². The highest BCUT2D eigenvalue weighted by Crippen LogP contribution is 2.28. The summed E-state index contributed by atoms with van der Waals surface area (Å²) < 4.78 is 28.0. The van der Waals surface area contributed by atoms with Crippen LogP contribution in [0.4, 0.5) is 0 Å². The van der Waals surface area contributed by atoms with Gasteiger partial charge < -0.3 is 10.6 Å². The largest absolute Gasteiger partial charge is 0.370 e. The maximum atomic E-state index is 13.2. The Morgan fingerprint density at radius 2 is 2.17 bits per heavy atom. The van der Waals surface area contributed by atoms with Crippen LogP contribution in [-0.4, -0.2) is 54.2 Å². The van der Waals surface area contributed by atoms with Gasteiger partial charge in [-0.05, 0) is 18.6 Å². The number of piperazine rings is 1. The number of sulfonamides is 1. The molecule has 0 spiro atoms. The van der Waals surface area contributed by atoms with Gasteiger partial charge in [0.05, 0.1) is 4.90 Å². The highest BCUT2D eigenvalue weighted by atomic mass is 32.2. The number of nitrogens with one attached hydrogen (secondary N) is 1. The van der Waals surface area contributed by atoms with Crippen LogP contribution in [0.25, 0.3) is 10.8 Å². The number of benzene rings is 1. The Kier molecular flexibility index (Phi) is 4.42. The van der Waals surface area contributed by atoms with Crippen LogP contribution in [0.1, 0.15) is 13.3 Å². The van der Waals surface area contributed by atoms with Crippen LogP contribution < -0.4 is 5.73 Å². The fourth-order valence-electron chi connectivity index (χ4n) is 3.15. The highest BCUT2D eigenvalue weighted by Gasteiger charge is 2.36. The zero-order valence-electron chi connectivity index (χ0n) is 13.5. The summed E-state index contributed by atoms with van der Waals surface area (Å²) >= 11 is 0. The SMILES string of the molecule is CCC1CN(C(=N)N)CCN1S(=O)(=O)c1cccc2cnccc12. The lowest BCUT2D eigenvalue weighted by molar-refractivity contribution is 0.187. The average molecular weight is 347 g/mol. The number of pyridine rings is 1. The summed E-state index contributed by atoms with van der Waals surface area (Å²) in [5.74, 6) is -0.0123. The second-order valence-corrected chi connectivity index (χ2v) is 7.72. The Labute approximate surface area is 141 Å². The van der Waals surface area contributed by atoms with Gasteiger partial charge in [0.15, 0.2) is 5.96 Å². The molecule has 1 aromatic heterocycles. The number of aromatic nitrogens is 1. The van der Waals surface area contributed by atoms with Gasteiger partial charge >= 0.3 is 0 Å². The van der Waals surface area contributed by atoms with Crippen molar-refractivity contribution in [3.8, 4) is 0 Å². The van der Waals surface area contributed by atoms with Crippen molar-refractivity contribution in [1.29, 1.82) is 5.41 Å². The van der Waals surface area contributed by atoms with Gasteiger partial charge in [-0.25, -0.2) is 8.42 Å².